The number of nitrogen functional groups attached to an aromatic ring is 1. The van der Waals surface area contributed by atoms with E-state index in [2.05, 4.69) is 15.7 Å². The Labute approximate surface area is 120 Å². The molecule has 1 aromatic carbocycles. The van der Waals surface area contributed by atoms with Gasteiger partial charge in [0.25, 0.3) is 0 Å². The number of anilines is 2. The lowest BCUT2D eigenvalue weighted by atomic mass is 10.1. The van der Waals surface area contributed by atoms with Crippen LogP contribution >= 0.6 is 0 Å². The van der Waals surface area contributed by atoms with E-state index in [0.29, 0.717) is 12.4 Å². The molecule has 2 aromatic rings. The highest BCUT2D eigenvalue weighted by atomic mass is 16.6. The van der Waals surface area contributed by atoms with E-state index in [4.69, 9.17) is 10.6 Å². The highest BCUT2D eigenvalue weighted by molar-refractivity contribution is 5.61. The summed E-state index contributed by atoms with van der Waals surface area (Å²) in [6, 6.07) is 10.1. The molecule has 0 fully saturated rings. The number of rotatable bonds is 4. The van der Waals surface area contributed by atoms with Gasteiger partial charge in [-0.3, -0.25) is 10.1 Å². The van der Waals surface area contributed by atoms with E-state index in [1.54, 1.807) is 0 Å². The smallest absolute Gasteiger partial charge is 0.311 e. The third kappa shape index (κ3) is 2.43. The lowest BCUT2D eigenvalue weighted by molar-refractivity contribution is -0.384. The molecule has 1 aliphatic rings. The Morgan fingerprint density at radius 1 is 1.33 bits per heavy atom. The molecule has 1 atom stereocenters. The number of benzene rings is 1. The van der Waals surface area contributed by atoms with Crippen LogP contribution in [0.5, 0.6) is 5.75 Å². The first-order valence-corrected chi connectivity index (χ1v) is 6.29. The monoisotopic (exact) mass is 287 g/mol. The second kappa shape index (κ2) is 5.25. The second-order valence-corrected chi connectivity index (χ2v) is 4.51. The number of para-hydroxylation sites is 1. The molecule has 1 aromatic heterocycles. The van der Waals surface area contributed by atoms with Crippen LogP contribution in [0.15, 0.2) is 36.4 Å². The topological polar surface area (TPSA) is 115 Å². The van der Waals surface area contributed by atoms with Crippen LogP contribution < -0.4 is 21.3 Å². The van der Waals surface area contributed by atoms with E-state index in [1.165, 1.54) is 12.1 Å². The average molecular weight is 287 g/mol. The van der Waals surface area contributed by atoms with Crippen LogP contribution in [0.3, 0.4) is 0 Å². The number of nitrogens with two attached hydrogens (primary N) is 1. The summed E-state index contributed by atoms with van der Waals surface area (Å²) in [4.78, 5) is 14.7. The number of hydrogen-bond acceptors (Lipinski definition) is 7. The van der Waals surface area contributed by atoms with Gasteiger partial charge in [0, 0.05) is 11.6 Å². The molecule has 8 nitrogen and oxygen atoms in total. The Morgan fingerprint density at radius 2 is 2.14 bits per heavy atom. The largest absolute Gasteiger partial charge is 0.491 e. The summed E-state index contributed by atoms with van der Waals surface area (Å²) < 4.78 is 5.54. The fraction of sp³-hybridized carbons (Fsp3) is 0.154. The van der Waals surface area contributed by atoms with E-state index in [9.17, 15) is 10.1 Å². The fourth-order valence-electron chi connectivity index (χ4n) is 2.23. The Hall–Kier alpha value is -2.87. The van der Waals surface area contributed by atoms with Crippen LogP contribution in [0.4, 0.5) is 17.3 Å². The molecule has 0 amide bonds. The van der Waals surface area contributed by atoms with Crippen molar-refractivity contribution in [2.24, 2.45) is 5.84 Å². The summed E-state index contributed by atoms with van der Waals surface area (Å²) in [7, 11) is 0. The van der Waals surface area contributed by atoms with Gasteiger partial charge in [0.1, 0.15) is 18.2 Å². The Bertz CT molecular complexity index is 691. The number of nitrogens with zero attached hydrogens (tertiary/aromatic N) is 2. The third-order valence-electron chi connectivity index (χ3n) is 3.23. The highest BCUT2D eigenvalue weighted by Crippen LogP contribution is 2.35. The summed E-state index contributed by atoms with van der Waals surface area (Å²) in [5.74, 6) is 6.56. The van der Waals surface area contributed by atoms with Gasteiger partial charge in [-0.15, -0.1) is 0 Å². The molecule has 1 unspecified atom stereocenters. The maximum absolute atomic E-state index is 11.1. The average Bonchev–Trinajstić information content (AvgIpc) is 2.90. The van der Waals surface area contributed by atoms with Crippen LogP contribution in [0.1, 0.15) is 11.6 Å². The maximum Gasteiger partial charge on any atom is 0.311 e. The Balaban J connectivity index is 1.93. The minimum Gasteiger partial charge on any atom is -0.491 e. The lowest BCUT2D eigenvalue weighted by Gasteiger charge is -2.13. The maximum atomic E-state index is 11.1. The number of aromatic nitrogens is 1. The van der Waals surface area contributed by atoms with Crippen molar-refractivity contribution in [2.75, 3.05) is 17.3 Å². The SMILES string of the molecule is NNc1ccc([N+](=O)[O-])c(NC2COc3ccccc32)n1. The van der Waals surface area contributed by atoms with E-state index in [0.717, 1.165) is 11.3 Å². The first-order chi connectivity index (χ1) is 10.2. The van der Waals surface area contributed by atoms with E-state index in [-0.39, 0.29) is 17.5 Å². The first-order valence-electron chi connectivity index (χ1n) is 6.29. The number of pyridine rings is 1. The van der Waals surface area contributed by atoms with Gasteiger partial charge in [0.2, 0.25) is 5.82 Å². The first kappa shape index (κ1) is 13.1. The molecule has 21 heavy (non-hydrogen) atoms. The summed E-state index contributed by atoms with van der Waals surface area (Å²) in [6.07, 6.45) is 0. The van der Waals surface area contributed by atoms with Crippen LogP contribution in [0.25, 0.3) is 0 Å². The standard InChI is InChI=1S/C13H13N5O3/c14-17-12-6-5-10(18(19)20)13(16-12)15-9-7-21-11-4-2-1-3-8(9)11/h1-6,9H,7,14H2,(H2,15,16,17). The summed E-state index contributed by atoms with van der Waals surface area (Å²) >= 11 is 0. The van der Waals surface area contributed by atoms with Gasteiger partial charge in [-0.25, -0.2) is 10.8 Å². The molecule has 0 radical (unpaired) electrons. The summed E-state index contributed by atoms with van der Waals surface area (Å²) in [6.45, 7) is 0.387. The number of nitrogens with one attached hydrogen (secondary N) is 2. The van der Waals surface area contributed by atoms with Gasteiger partial charge >= 0.3 is 5.69 Å². The molecule has 2 heterocycles. The highest BCUT2D eigenvalue weighted by Gasteiger charge is 2.26. The molecule has 0 spiro atoms. The molecule has 108 valence electrons. The fourth-order valence-corrected chi connectivity index (χ4v) is 2.23. The molecule has 0 aliphatic carbocycles. The Kier molecular flexibility index (Phi) is 3.28. The van der Waals surface area contributed by atoms with Crippen molar-refractivity contribution in [3.63, 3.8) is 0 Å². The van der Waals surface area contributed by atoms with E-state index >= 15 is 0 Å². The number of hydrogen-bond donors (Lipinski definition) is 3. The minimum atomic E-state index is -0.489. The van der Waals surface area contributed by atoms with Gasteiger partial charge < -0.3 is 15.5 Å². The van der Waals surface area contributed by atoms with Crippen molar-refractivity contribution < 1.29 is 9.66 Å². The predicted octanol–water partition coefficient (Wildman–Crippen LogP) is 1.82. The molecule has 0 saturated heterocycles. The zero-order valence-electron chi connectivity index (χ0n) is 10.9. The molecule has 1 aliphatic heterocycles. The Morgan fingerprint density at radius 3 is 2.90 bits per heavy atom. The van der Waals surface area contributed by atoms with Gasteiger partial charge in [-0.1, -0.05) is 18.2 Å². The van der Waals surface area contributed by atoms with Gasteiger partial charge in [-0.05, 0) is 12.1 Å². The van der Waals surface area contributed by atoms with Crippen LogP contribution in [-0.4, -0.2) is 16.5 Å². The van der Waals surface area contributed by atoms with E-state index in [1.807, 2.05) is 24.3 Å². The second-order valence-electron chi connectivity index (χ2n) is 4.51. The van der Waals surface area contributed by atoms with Gasteiger partial charge in [0.15, 0.2) is 0 Å². The van der Waals surface area contributed by atoms with Crippen molar-refractivity contribution in [3.05, 3.63) is 52.1 Å². The van der Waals surface area contributed by atoms with Crippen molar-refractivity contribution in [1.82, 2.24) is 4.98 Å². The van der Waals surface area contributed by atoms with Crippen LogP contribution in [-0.2, 0) is 0 Å². The number of hydrazine groups is 1. The van der Waals surface area contributed by atoms with Crippen molar-refractivity contribution >= 4 is 17.3 Å². The van der Waals surface area contributed by atoms with Gasteiger partial charge in [-0.2, -0.15) is 0 Å². The summed E-state index contributed by atoms with van der Waals surface area (Å²) in [5.41, 5.74) is 3.20. The van der Waals surface area contributed by atoms with Crippen LogP contribution in [0.2, 0.25) is 0 Å². The number of nitro groups is 1. The molecule has 0 saturated carbocycles. The van der Waals surface area contributed by atoms with E-state index < -0.39 is 4.92 Å². The van der Waals surface area contributed by atoms with Crippen molar-refractivity contribution in [2.45, 2.75) is 6.04 Å². The van der Waals surface area contributed by atoms with Crippen molar-refractivity contribution in [3.8, 4) is 5.75 Å². The molecular weight excluding hydrogens is 274 g/mol. The molecule has 4 N–H and O–H groups in total. The number of ether oxygens (including phenoxy) is 1. The quantitative estimate of drug-likeness (QED) is 0.446. The zero-order valence-corrected chi connectivity index (χ0v) is 10.9. The molecule has 8 heteroatoms. The predicted molar refractivity (Wildman–Crippen MR) is 77.0 cm³/mol. The number of fused-ring (bicyclic) bond motifs is 1. The third-order valence-corrected chi connectivity index (χ3v) is 3.23. The zero-order chi connectivity index (χ0) is 14.8. The van der Waals surface area contributed by atoms with Crippen molar-refractivity contribution in [1.29, 1.82) is 0 Å². The lowest BCUT2D eigenvalue weighted by Crippen LogP contribution is -2.16. The molecular formula is C13H13N5O3. The normalized spacial score (nSPS) is 16.0. The van der Waals surface area contributed by atoms with Gasteiger partial charge in [0.05, 0.1) is 11.0 Å². The minimum absolute atomic E-state index is 0.113. The van der Waals surface area contributed by atoms with Crippen LogP contribution in [0, 0.1) is 10.1 Å². The molecule has 3 rings (SSSR count). The summed E-state index contributed by atoms with van der Waals surface area (Å²) in [5, 5.41) is 14.1. The molecule has 0 bridgehead atoms.